The van der Waals surface area contributed by atoms with Crippen molar-refractivity contribution < 1.29 is 0 Å². The van der Waals surface area contributed by atoms with E-state index in [2.05, 4.69) is 15.5 Å². The molecule has 5 nitrogen and oxygen atoms in total. The van der Waals surface area contributed by atoms with E-state index in [-0.39, 0.29) is 0 Å². The summed E-state index contributed by atoms with van der Waals surface area (Å²) < 4.78 is 1.72. The number of nitrogens with two attached hydrogens (primary N) is 1. The second-order valence-electron chi connectivity index (χ2n) is 3.38. The van der Waals surface area contributed by atoms with Crippen molar-refractivity contribution in [3.8, 4) is 0 Å². The lowest BCUT2D eigenvalue weighted by molar-refractivity contribution is 0.841. The van der Waals surface area contributed by atoms with Gasteiger partial charge < -0.3 is 5.73 Å². The lowest BCUT2D eigenvalue weighted by atomic mass is 10.1. The number of aromatic nitrogens is 4. The highest BCUT2D eigenvalue weighted by Gasteiger charge is 2.02. The van der Waals surface area contributed by atoms with Crippen LogP contribution in [0.2, 0.25) is 0 Å². The maximum atomic E-state index is 5.60. The molecule has 0 aliphatic carbocycles. The summed E-state index contributed by atoms with van der Waals surface area (Å²) >= 11 is 0. The average Bonchev–Trinajstić information content (AvgIpc) is 2.76. The second kappa shape index (κ2) is 2.99. The van der Waals surface area contributed by atoms with Crippen LogP contribution in [0.5, 0.6) is 0 Å². The van der Waals surface area contributed by atoms with Gasteiger partial charge >= 0.3 is 0 Å². The first-order chi connectivity index (χ1) is 7.38. The first kappa shape index (κ1) is 8.31. The van der Waals surface area contributed by atoms with Crippen LogP contribution in [0.1, 0.15) is 5.56 Å². The van der Waals surface area contributed by atoms with Gasteiger partial charge in [-0.1, -0.05) is 12.1 Å². The normalized spacial score (nSPS) is 11.3. The van der Waals surface area contributed by atoms with Crippen molar-refractivity contribution in [3.63, 3.8) is 0 Å². The Hall–Kier alpha value is -2.01. The van der Waals surface area contributed by atoms with Crippen LogP contribution in [0, 0.1) is 0 Å². The molecule has 15 heavy (non-hydrogen) atoms. The van der Waals surface area contributed by atoms with Crippen molar-refractivity contribution in [3.05, 3.63) is 35.9 Å². The molecule has 0 bridgehead atoms. The number of fused-ring (bicyclic) bond motifs is 3. The summed E-state index contributed by atoms with van der Waals surface area (Å²) in [5.41, 5.74) is 8.41. The monoisotopic (exact) mass is 199 g/mol. The Morgan fingerprint density at radius 2 is 2.07 bits per heavy atom. The predicted molar refractivity (Wildman–Crippen MR) is 56.2 cm³/mol. The third-order valence-electron chi connectivity index (χ3n) is 2.46. The molecular weight excluding hydrogens is 190 g/mol. The first-order valence-corrected chi connectivity index (χ1v) is 4.68. The Kier molecular flexibility index (Phi) is 1.66. The third kappa shape index (κ3) is 1.17. The van der Waals surface area contributed by atoms with Gasteiger partial charge in [-0.05, 0) is 34.2 Å². The standard InChI is InChI=1S/C10H9N5/c11-6-7-1-2-8-3-4-10-12-13-14-15(10)9(8)5-7/h1-5H,6,11H2. The summed E-state index contributed by atoms with van der Waals surface area (Å²) in [6.07, 6.45) is 0. The predicted octanol–water partition coefficient (Wildman–Crippen LogP) is 0.736. The van der Waals surface area contributed by atoms with Crippen molar-refractivity contribution in [1.29, 1.82) is 0 Å². The van der Waals surface area contributed by atoms with Crippen LogP contribution < -0.4 is 5.73 Å². The van der Waals surface area contributed by atoms with Gasteiger partial charge in [0.2, 0.25) is 0 Å². The molecule has 1 aromatic carbocycles. The molecule has 0 aliphatic heterocycles. The van der Waals surface area contributed by atoms with Gasteiger partial charge in [0.25, 0.3) is 0 Å². The summed E-state index contributed by atoms with van der Waals surface area (Å²) in [5, 5.41) is 12.6. The molecule has 3 aromatic rings. The molecule has 0 spiro atoms. The number of nitrogens with zero attached hydrogens (tertiary/aromatic N) is 4. The number of hydrogen-bond acceptors (Lipinski definition) is 4. The molecule has 0 amide bonds. The summed E-state index contributed by atoms with van der Waals surface area (Å²) in [5.74, 6) is 0. The zero-order valence-corrected chi connectivity index (χ0v) is 7.96. The highest BCUT2D eigenvalue weighted by Crippen LogP contribution is 2.16. The number of tetrazole rings is 1. The number of pyridine rings is 1. The molecular formula is C10H9N5. The summed E-state index contributed by atoms with van der Waals surface area (Å²) in [6, 6.07) is 9.95. The Morgan fingerprint density at radius 1 is 1.20 bits per heavy atom. The van der Waals surface area contributed by atoms with Crippen LogP contribution in [0.25, 0.3) is 16.6 Å². The van der Waals surface area contributed by atoms with E-state index in [0.29, 0.717) is 6.54 Å². The Labute approximate surface area is 85.5 Å². The van der Waals surface area contributed by atoms with Crippen LogP contribution in [-0.2, 0) is 6.54 Å². The van der Waals surface area contributed by atoms with E-state index in [0.717, 1.165) is 22.1 Å². The first-order valence-electron chi connectivity index (χ1n) is 4.68. The third-order valence-corrected chi connectivity index (χ3v) is 2.46. The molecule has 5 heteroatoms. The molecule has 0 aliphatic rings. The molecule has 74 valence electrons. The minimum atomic E-state index is 0.522. The van der Waals surface area contributed by atoms with Crippen molar-refractivity contribution in [2.24, 2.45) is 5.73 Å². The Morgan fingerprint density at radius 3 is 2.93 bits per heavy atom. The molecule has 0 saturated heterocycles. The van der Waals surface area contributed by atoms with Crippen LogP contribution in [0.15, 0.2) is 30.3 Å². The molecule has 0 atom stereocenters. The van der Waals surface area contributed by atoms with E-state index < -0.39 is 0 Å². The van der Waals surface area contributed by atoms with Crippen molar-refractivity contribution in [1.82, 2.24) is 20.0 Å². The molecule has 2 aromatic heterocycles. The minimum absolute atomic E-state index is 0.522. The topological polar surface area (TPSA) is 69.1 Å². The Balaban J connectivity index is 2.48. The molecule has 0 unspecified atom stereocenters. The Bertz CT molecular complexity index is 628. The maximum Gasteiger partial charge on any atom is 0.179 e. The lowest BCUT2D eigenvalue weighted by Crippen LogP contribution is -1.97. The quantitative estimate of drug-likeness (QED) is 0.627. The van der Waals surface area contributed by atoms with Crippen molar-refractivity contribution in [2.75, 3.05) is 0 Å². The number of rotatable bonds is 1. The van der Waals surface area contributed by atoms with Crippen LogP contribution in [-0.4, -0.2) is 20.0 Å². The van der Waals surface area contributed by atoms with Gasteiger partial charge in [0.15, 0.2) is 5.65 Å². The summed E-state index contributed by atoms with van der Waals surface area (Å²) in [6.45, 7) is 0.522. The smallest absolute Gasteiger partial charge is 0.179 e. The number of hydrogen-bond donors (Lipinski definition) is 1. The zero-order valence-electron chi connectivity index (χ0n) is 7.96. The molecule has 3 rings (SSSR count). The van der Waals surface area contributed by atoms with E-state index in [4.69, 9.17) is 5.73 Å². The fourth-order valence-corrected chi connectivity index (χ4v) is 1.67. The van der Waals surface area contributed by atoms with Gasteiger partial charge in [-0.25, -0.2) is 0 Å². The zero-order chi connectivity index (χ0) is 10.3. The van der Waals surface area contributed by atoms with Gasteiger partial charge in [-0.3, -0.25) is 0 Å². The van der Waals surface area contributed by atoms with Crippen molar-refractivity contribution in [2.45, 2.75) is 6.54 Å². The fourth-order valence-electron chi connectivity index (χ4n) is 1.67. The van der Waals surface area contributed by atoms with Gasteiger partial charge in [0.1, 0.15) is 0 Å². The highest BCUT2D eigenvalue weighted by atomic mass is 15.5. The summed E-state index contributed by atoms with van der Waals surface area (Å²) in [7, 11) is 0. The highest BCUT2D eigenvalue weighted by molar-refractivity contribution is 5.81. The summed E-state index contributed by atoms with van der Waals surface area (Å²) in [4.78, 5) is 0. The van der Waals surface area contributed by atoms with Gasteiger partial charge in [0.05, 0.1) is 5.52 Å². The van der Waals surface area contributed by atoms with E-state index in [1.54, 1.807) is 4.52 Å². The van der Waals surface area contributed by atoms with Crippen molar-refractivity contribution >= 4 is 16.6 Å². The fraction of sp³-hybridized carbons (Fsp3) is 0.100. The van der Waals surface area contributed by atoms with Gasteiger partial charge in [-0.15, -0.1) is 5.10 Å². The molecule has 2 heterocycles. The molecule has 2 N–H and O–H groups in total. The minimum Gasteiger partial charge on any atom is -0.326 e. The largest absolute Gasteiger partial charge is 0.326 e. The van der Waals surface area contributed by atoms with Crippen LogP contribution in [0.4, 0.5) is 0 Å². The van der Waals surface area contributed by atoms with Crippen LogP contribution in [0.3, 0.4) is 0 Å². The SMILES string of the molecule is NCc1ccc2ccc3nnnn3c2c1. The van der Waals surface area contributed by atoms with E-state index in [9.17, 15) is 0 Å². The number of benzene rings is 1. The lowest BCUT2D eigenvalue weighted by Gasteiger charge is -2.01. The van der Waals surface area contributed by atoms with Gasteiger partial charge in [-0.2, -0.15) is 4.52 Å². The maximum absolute atomic E-state index is 5.60. The molecule has 0 radical (unpaired) electrons. The van der Waals surface area contributed by atoms with Crippen LogP contribution >= 0.6 is 0 Å². The van der Waals surface area contributed by atoms with E-state index in [1.165, 1.54) is 0 Å². The molecule has 0 saturated carbocycles. The van der Waals surface area contributed by atoms with E-state index in [1.807, 2.05) is 30.3 Å². The van der Waals surface area contributed by atoms with E-state index >= 15 is 0 Å². The second-order valence-corrected chi connectivity index (χ2v) is 3.38. The van der Waals surface area contributed by atoms with Gasteiger partial charge in [0, 0.05) is 11.9 Å². The molecule has 0 fully saturated rings. The average molecular weight is 199 g/mol.